The molecule has 1 aromatic heterocycles. The lowest BCUT2D eigenvalue weighted by molar-refractivity contribution is -0.113. The largest absolute Gasteiger partial charge is 0.495 e. The van der Waals surface area contributed by atoms with Gasteiger partial charge in [-0.3, -0.25) is 9.36 Å². The highest BCUT2D eigenvalue weighted by molar-refractivity contribution is 7.99. The highest BCUT2D eigenvalue weighted by Gasteiger charge is 2.09. The van der Waals surface area contributed by atoms with Gasteiger partial charge in [0.25, 0.3) is 0 Å². The molecule has 100 valence electrons. The molecule has 1 N–H and O–H groups in total. The van der Waals surface area contributed by atoms with Crippen LogP contribution in [0.3, 0.4) is 0 Å². The molecule has 19 heavy (non-hydrogen) atoms. The Labute approximate surface area is 115 Å². The number of benzene rings is 1. The number of carbonyl (C=O) groups excluding carboxylic acids is 1. The molecule has 0 bridgehead atoms. The van der Waals surface area contributed by atoms with E-state index in [4.69, 9.17) is 4.74 Å². The maximum atomic E-state index is 11.7. The van der Waals surface area contributed by atoms with Crippen LogP contribution in [0.25, 0.3) is 5.69 Å². The molecule has 6 nitrogen and oxygen atoms in total. The lowest BCUT2D eigenvalue weighted by atomic mass is 10.2. The summed E-state index contributed by atoms with van der Waals surface area (Å²) in [5.74, 6) is 0.956. The zero-order valence-electron chi connectivity index (χ0n) is 10.7. The minimum Gasteiger partial charge on any atom is -0.495 e. The normalized spacial score (nSPS) is 10.2. The van der Waals surface area contributed by atoms with Crippen molar-refractivity contribution in [2.24, 2.45) is 0 Å². The first-order valence-electron chi connectivity index (χ1n) is 5.56. The molecular formula is C12H14N4O2S. The summed E-state index contributed by atoms with van der Waals surface area (Å²) < 4.78 is 6.99. The zero-order valence-corrected chi connectivity index (χ0v) is 11.5. The van der Waals surface area contributed by atoms with Crippen LogP contribution in [0.15, 0.2) is 30.9 Å². The Kier molecular flexibility index (Phi) is 4.40. The predicted molar refractivity (Wildman–Crippen MR) is 74.9 cm³/mol. The van der Waals surface area contributed by atoms with Gasteiger partial charge in [-0.15, -0.1) is 10.2 Å². The van der Waals surface area contributed by atoms with Gasteiger partial charge in [0.05, 0.1) is 24.2 Å². The van der Waals surface area contributed by atoms with Crippen LogP contribution >= 0.6 is 11.8 Å². The minimum absolute atomic E-state index is 0.0632. The number of ether oxygens (including phenoxy) is 1. The summed E-state index contributed by atoms with van der Waals surface area (Å²) in [4.78, 5) is 11.7. The molecule has 0 aliphatic carbocycles. The topological polar surface area (TPSA) is 69.0 Å². The van der Waals surface area contributed by atoms with E-state index in [1.165, 1.54) is 11.8 Å². The number of amides is 1. The Hall–Kier alpha value is -2.02. The van der Waals surface area contributed by atoms with Crippen LogP contribution in [0.5, 0.6) is 5.75 Å². The second kappa shape index (κ2) is 6.24. The maximum absolute atomic E-state index is 11.7. The van der Waals surface area contributed by atoms with Crippen LogP contribution in [0.4, 0.5) is 5.69 Å². The van der Waals surface area contributed by atoms with Crippen molar-refractivity contribution in [3.05, 3.63) is 30.9 Å². The van der Waals surface area contributed by atoms with E-state index in [1.54, 1.807) is 30.4 Å². The third kappa shape index (κ3) is 3.25. The average molecular weight is 278 g/mol. The monoisotopic (exact) mass is 278 g/mol. The summed E-state index contributed by atoms with van der Waals surface area (Å²) >= 11 is 1.47. The lowest BCUT2D eigenvalue weighted by Gasteiger charge is -2.12. The Bertz CT molecular complexity index is 557. The predicted octanol–water partition coefficient (Wildman–Crippen LogP) is 1.58. The third-order valence-electron chi connectivity index (χ3n) is 2.45. The van der Waals surface area contributed by atoms with E-state index in [9.17, 15) is 4.79 Å². The Morgan fingerprint density at radius 1 is 1.42 bits per heavy atom. The number of thioether (sulfide) groups is 1. The van der Waals surface area contributed by atoms with Crippen molar-refractivity contribution in [3.63, 3.8) is 0 Å². The molecule has 0 spiro atoms. The Morgan fingerprint density at radius 3 is 2.79 bits per heavy atom. The van der Waals surface area contributed by atoms with Crippen LogP contribution in [0, 0.1) is 0 Å². The average Bonchev–Trinajstić information content (AvgIpc) is 2.93. The van der Waals surface area contributed by atoms with Crippen molar-refractivity contribution >= 4 is 23.4 Å². The first-order valence-corrected chi connectivity index (χ1v) is 6.96. The molecule has 2 rings (SSSR count). The molecule has 0 aliphatic heterocycles. The van der Waals surface area contributed by atoms with Gasteiger partial charge in [0, 0.05) is 0 Å². The number of methoxy groups -OCH3 is 1. The van der Waals surface area contributed by atoms with Crippen molar-refractivity contribution in [2.75, 3.05) is 24.4 Å². The zero-order chi connectivity index (χ0) is 13.7. The first-order chi connectivity index (χ1) is 9.24. The van der Waals surface area contributed by atoms with Crippen LogP contribution in [0.2, 0.25) is 0 Å². The second-order valence-electron chi connectivity index (χ2n) is 3.73. The fourth-order valence-corrected chi connectivity index (χ4v) is 1.94. The number of rotatable bonds is 5. The van der Waals surface area contributed by atoms with Crippen molar-refractivity contribution in [1.82, 2.24) is 14.8 Å². The molecule has 0 radical (unpaired) electrons. The van der Waals surface area contributed by atoms with Crippen molar-refractivity contribution in [2.45, 2.75) is 0 Å². The van der Waals surface area contributed by atoms with E-state index in [-0.39, 0.29) is 5.91 Å². The smallest absolute Gasteiger partial charge is 0.234 e. The maximum Gasteiger partial charge on any atom is 0.234 e. The number of nitrogens with one attached hydrogen (secondary N) is 1. The molecule has 2 aromatic rings. The second-order valence-corrected chi connectivity index (χ2v) is 4.60. The van der Waals surface area contributed by atoms with Crippen LogP contribution in [0.1, 0.15) is 0 Å². The van der Waals surface area contributed by atoms with Gasteiger partial charge in [-0.1, -0.05) is 0 Å². The number of anilines is 1. The fourth-order valence-electron chi connectivity index (χ4n) is 1.61. The van der Waals surface area contributed by atoms with Gasteiger partial charge >= 0.3 is 0 Å². The quantitative estimate of drug-likeness (QED) is 0.899. The number of carbonyl (C=O) groups is 1. The SMILES string of the molecule is COc1ccc(-n2cnnc2)cc1NC(=O)CSC. The fraction of sp³-hybridized carbons (Fsp3) is 0.250. The first kappa shape index (κ1) is 13.4. The van der Waals surface area contributed by atoms with E-state index in [0.29, 0.717) is 17.2 Å². The van der Waals surface area contributed by atoms with Gasteiger partial charge in [-0.05, 0) is 24.5 Å². The van der Waals surface area contributed by atoms with Gasteiger partial charge < -0.3 is 10.1 Å². The van der Waals surface area contributed by atoms with Crippen molar-refractivity contribution < 1.29 is 9.53 Å². The summed E-state index contributed by atoms with van der Waals surface area (Å²) in [6, 6.07) is 5.48. The molecule has 0 aliphatic rings. The van der Waals surface area contributed by atoms with Gasteiger partial charge in [0.15, 0.2) is 0 Å². The van der Waals surface area contributed by atoms with Gasteiger partial charge in [0.1, 0.15) is 18.4 Å². The van der Waals surface area contributed by atoms with Gasteiger partial charge in [-0.25, -0.2) is 0 Å². The molecule has 0 fully saturated rings. The highest BCUT2D eigenvalue weighted by atomic mass is 32.2. The summed E-state index contributed by atoms with van der Waals surface area (Å²) in [7, 11) is 1.57. The molecule has 0 saturated carbocycles. The van der Waals surface area contributed by atoms with Crippen LogP contribution < -0.4 is 10.1 Å². The molecule has 0 unspecified atom stereocenters. The van der Waals surface area contributed by atoms with Crippen molar-refractivity contribution in [3.8, 4) is 11.4 Å². The van der Waals surface area contributed by atoms with Crippen molar-refractivity contribution in [1.29, 1.82) is 0 Å². The van der Waals surface area contributed by atoms with Gasteiger partial charge in [-0.2, -0.15) is 11.8 Å². The summed E-state index contributed by atoms with van der Waals surface area (Å²) in [6.45, 7) is 0. The van der Waals surface area contributed by atoms with E-state index in [0.717, 1.165) is 5.69 Å². The van der Waals surface area contributed by atoms with E-state index in [1.807, 2.05) is 18.4 Å². The highest BCUT2D eigenvalue weighted by Crippen LogP contribution is 2.27. The number of nitrogens with zero attached hydrogens (tertiary/aromatic N) is 3. The van der Waals surface area contributed by atoms with E-state index in [2.05, 4.69) is 15.5 Å². The van der Waals surface area contributed by atoms with Gasteiger partial charge in [0.2, 0.25) is 5.91 Å². The van der Waals surface area contributed by atoms with Crippen LogP contribution in [-0.2, 0) is 4.79 Å². The summed E-state index contributed by atoms with van der Waals surface area (Å²) in [5.41, 5.74) is 1.48. The minimum atomic E-state index is -0.0632. The molecule has 1 aromatic carbocycles. The molecule has 0 saturated heterocycles. The molecule has 1 amide bonds. The summed E-state index contributed by atoms with van der Waals surface area (Å²) in [5, 5.41) is 10.3. The number of hydrogen-bond donors (Lipinski definition) is 1. The molecule has 0 atom stereocenters. The number of aromatic nitrogens is 3. The Morgan fingerprint density at radius 2 is 2.16 bits per heavy atom. The molecule has 1 heterocycles. The van der Waals surface area contributed by atoms with Crippen LogP contribution in [-0.4, -0.2) is 39.8 Å². The van der Waals surface area contributed by atoms with E-state index >= 15 is 0 Å². The molecular weight excluding hydrogens is 264 g/mol. The number of hydrogen-bond acceptors (Lipinski definition) is 5. The lowest BCUT2D eigenvalue weighted by Crippen LogP contribution is -2.14. The summed E-state index contributed by atoms with van der Waals surface area (Å²) in [6.07, 6.45) is 5.06. The third-order valence-corrected chi connectivity index (χ3v) is 3.00. The van der Waals surface area contributed by atoms with E-state index < -0.39 is 0 Å². The standard InChI is InChI=1S/C12H14N4O2S/c1-18-11-4-3-9(16-7-13-14-8-16)5-10(11)15-12(17)6-19-2/h3-5,7-8H,6H2,1-2H3,(H,15,17). The molecule has 7 heteroatoms. The Balaban J connectivity index is 2.29.